The zero-order valence-corrected chi connectivity index (χ0v) is 13.4. The molecule has 0 aromatic carbocycles. The summed E-state index contributed by atoms with van der Waals surface area (Å²) in [5, 5.41) is 3.50. The van der Waals surface area contributed by atoms with Gasteiger partial charge in [-0.05, 0) is 58.2 Å². The lowest BCUT2D eigenvalue weighted by atomic mass is 10.1. The molecule has 1 heterocycles. The van der Waals surface area contributed by atoms with E-state index in [2.05, 4.69) is 55.0 Å². The Morgan fingerprint density at radius 3 is 2.55 bits per heavy atom. The quantitative estimate of drug-likeness (QED) is 0.827. The largest absolute Gasteiger partial charge is 0.308 e. The van der Waals surface area contributed by atoms with Gasteiger partial charge >= 0.3 is 0 Å². The van der Waals surface area contributed by atoms with Crippen LogP contribution in [0.4, 0.5) is 0 Å². The van der Waals surface area contributed by atoms with Crippen LogP contribution < -0.4 is 5.32 Å². The first-order chi connectivity index (χ1) is 9.48. The molecule has 20 heavy (non-hydrogen) atoms. The molecule has 0 aliphatic heterocycles. The van der Waals surface area contributed by atoms with Crippen LogP contribution in [0.15, 0.2) is 18.3 Å². The number of aromatic nitrogens is 1. The molecule has 0 spiro atoms. The Labute approximate surface area is 123 Å². The van der Waals surface area contributed by atoms with Crippen molar-refractivity contribution in [1.29, 1.82) is 0 Å². The second kappa shape index (κ2) is 6.68. The summed E-state index contributed by atoms with van der Waals surface area (Å²) in [5.74, 6) is 0. The maximum atomic E-state index is 4.63. The third-order valence-electron chi connectivity index (χ3n) is 3.65. The van der Waals surface area contributed by atoms with Crippen LogP contribution in [0.5, 0.6) is 0 Å². The molecule has 1 fully saturated rings. The standard InChI is InChI=1S/C17H29N3/c1-5-10-20(16-8-9-16)13-15-7-6-14(11-18-15)12-19-17(2,3)4/h6-7,11,16,19H,5,8-10,12-13H2,1-4H3. The molecule has 0 saturated heterocycles. The van der Waals surface area contributed by atoms with Gasteiger partial charge in [-0.2, -0.15) is 0 Å². The van der Waals surface area contributed by atoms with Crippen molar-refractivity contribution in [3.05, 3.63) is 29.6 Å². The highest BCUT2D eigenvalue weighted by atomic mass is 15.2. The summed E-state index contributed by atoms with van der Waals surface area (Å²) < 4.78 is 0. The summed E-state index contributed by atoms with van der Waals surface area (Å²) >= 11 is 0. The molecular weight excluding hydrogens is 246 g/mol. The lowest BCUT2D eigenvalue weighted by Crippen LogP contribution is -2.35. The zero-order chi connectivity index (χ0) is 14.6. The van der Waals surface area contributed by atoms with Crippen molar-refractivity contribution in [2.45, 2.75) is 71.6 Å². The summed E-state index contributed by atoms with van der Waals surface area (Å²) in [6.45, 7) is 11.9. The van der Waals surface area contributed by atoms with Crippen molar-refractivity contribution >= 4 is 0 Å². The van der Waals surface area contributed by atoms with E-state index in [4.69, 9.17) is 0 Å². The Bertz CT molecular complexity index is 401. The molecule has 1 aromatic rings. The molecule has 1 aliphatic rings. The van der Waals surface area contributed by atoms with E-state index in [-0.39, 0.29) is 5.54 Å². The van der Waals surface area contributed by atoms with E-state index < -0.39 is 0 Å². The Morgan fingerprint density at radius 2 is 2.05 bits per heavy atom. The lowest BCUT2D eigenvalue weighted by molar-refractivity contribution is 0.252. The molecular formula is C17H29N3. The minimum absolute atomic E-state index is 0.155. The number of rotatable bonds is 7. The lowest BCUT2D eigenvalue weighted by Gasteiger charge is -2.21. The van der Waals surface area contributed by atoms with Crippen molar-refractivity contribution in [1.82, 2.24) is 15.2 Å². The van der Waals surface area contributed by atoms with Crippen LogP contribution in [0.3, 0.4) is 0 Å². The van der Waals surface area contributed by atoms with Crippen LogP contribution >= 0.6 is 0 Å². The Balaban J connectivity index is 1.87. The molecule has 1 saturated carbocycles. The van der Waals surface area contributed by atoms with Gasteiger partial charge in [-0.15, -0.1) is 0 Å². The number of pyridine rings is 1. The molecule has 0 unspecified atom stereocenters. The van der Waals surface area contributed by atoms with Gasteiger partial charge in [-0.1, -0.05) is 13.0 Å². The summed E-state index contributed by atoms with van der Waals surface area (Å²) in [6.07, 6.45) is 5.98. The van der Waals surface area contributed by atoms with E-state index >= 15 is 0 Å². The summed E-state index contributed by atoms with van der Waals surface area (Å²) in [7, 11) is 0. The van der Waals surface area contributed by atoms with E-state index in [0.29, 0.717) is 0 Å². The van der Waals surface area contributed by atoms with Crippen molar-refractivity contribution in [2.75, 3.05) is 6.54 Å². The molecule has 1 aliphatic carbocycles. The predicted molar refractivity (Wildman–Crippen MR) is 84.6 cm³/mol. The first-order valence-electron chi connectivity index (χ1n) is 7.91. The third kappa shape index (κ3) is 5.22. The van der Waals surface area contributed by atoms with E-state index in [0.717, 1.165) is 19.1 Å². The van der Waals surface area contributed by atoms with E-state index in [1.807, 2.05) is 6.20 Å². The van der Waals surface area contributed by atoms with Crippen LogP contribution in [-0.2, 0) is 13.1 Å². The van der Waals surface area contributed by atoms with E-state index in [9.17, 15) is 0 Å². The third-order valence-corrected chi connectivity index (χ3v) is 3.65. The fraction of sp³-hybridized carbons (Fsp3) is 0.706. The molecule has 0 radical (unpaired) electrons. The molecule has 0 bridgehead atoms. The molecule has 0 atom stereocenters. The van der Waals surface area contributed by atoms with Crippen molar-refractivity contribution in [3.8, 4) is 0 Å². The summed E-state index contributed by atoms with van der Waals surface area (Å²) in [6, 6.07) is 5.21. The molecule has 112 valence electrons. The number of hydrogen-bond acceptors (Lipinski definition) is 3. The van der Waals surface area contributed by atoms with Gasteiger partial charge < -0.3 is 5.32 Å². The van der Waals surface area contributed by atoms with Gasteiger partial charge in [0, 0.05) is 30.9 Å². The molecule has 3 heteroatoms. The van der Waals surface area contributed by atoms with E-state index in [1.165, 1.54) is 37.1 Å². The first kappa shape index (κ1) is 15.5. The zero-order valence-electron chi connectivity index (χ0n) is 13.4. The Kier molecular flexibility index (Phi) is 5.17. The van der Waals surface area contributed by atoms with Gasteiger partial charge in [-0.3, -0.25) is 9.88 Å². The molecule has 0 amide bonds. The van der Waals surface area contributed by atoms with Gasteiger partial charge in [0.25, 0.3) is 0 Å². The SMILES string of the molecule is CCCN(Cc1ccc(CNC(C)(C)C)cn1)C1CC1. The summed E-state index contributed by atoms with van der Waals surface area (Å²) in [5.41, 5.74) is 2.62. The molecule has 2 rings (SSSR count). The van der Waals surface area contributed by atoms with Crippen LogP contribution in [0.2, 0.25) is 0 Å². The maximum absolute atomic E-state index is 4.63. The van der Waals surface area contributed by atoms with Crippen molar-refractivity contribution in [2.24, 2.45) is 0 Å². The molecule has 1 N–H and O–H groups in total. The average molecular weight is 275 g/mol. The number of hydrogen-bond donors (Lipinski definition) is 1. The second-order valence-electron chi connectivity index (χ2n) is 6.96. The van der Waals surface area contributed by atoms with Crippen LogP contribution in [0.1, 0.15) is 58.2 Å². The first-order valence-corrected chi connectivity index (χ1v) is 7.91. The van der Waals surface area contributed by atoms with E-state index in [1.54, 1.807) is 0 Å². The van der Waals surface area contributed by atoms with Crippen molar-refractivity contribution < 1.29 is 0 Å². The van der Waals surface area contributed by atoms with Gasteiger partial charge in [0.15, 0.2) is 0 Å². The highest BCUT2D eigenvalue weighted by molar-refractivity contribution is 5.14. The topological polar surface area (TPSA) is 28.2 Å². The van der Waals surface area contributed by atoms with Crippen LogP contribution in [-0.4, -0.2) is 28.0 Å². The van der Waals surface area contributed by atoms with Crippen LogP contribution in [0, 0.1) is 0 Å². The summed E-state index contributed by atoms with van der Waals surface area (Å²) in [4.78, 5) is 7.21. The predicted octanol–water partition coefficient (Wildman–Crippen LogP) is 3.34. The van der Waals surface area contributed by atoms with Gasteiger partial charge in [0.1, 0.15) is 0 Å². The highest BCUT2D eigenvalue weighted by Crippen LogP contribution is 2.28. The fourth-order valence-electron chi connectivity index (χ4n) is 2.35. The normalized spacial score (nSPS) is 15.8. The minimum Gasteiger partial charge on any atom is -0.308 e. The second-order valence-corrected chi connectivity index (χ2v) is 6.96. The molecule has 1 aromatic heterocycles. The maximum Gasteiger partial charge on any atom is 0.0544 e. The average Bonchev–Trinajstić information content (AvgIpc) is 3.21. The fourth-order valence-corrected chi connectivity index (χ4v) is 2.35. The Morgan fingerprint density at radius 1 is 1.30 bits per heavy atom. The monoisotopic (exact) mass is 275 g/mol. The van der Waals surface area contributed by atoms with Crippen LogP contribution in [0.25, 0.3) is 0 Å². The number of nitrogens with zero attached hydrogens (tertiary/aromatic N) is 2. The van der Waals surface area contributed by atoms with Gasteiger partial charge in [-0.25, -0.2) is 0 Å². The number of nitrogens with one attached hydrogen (secondary N) is 1. The molecule has 3 nitrogen and oxygen atoms in total. The van der Waals surface area contributed by atoms with Gasteiger partial charge in [0.2, 0.25) is 0 Å². The minimum atomic E-state index is 0.155. The smallest absolute Gasteiger partial charge is 0.0544 e. The highest BCUT2D eigenvalue weighted by Gasteiger charge is 2.28. The van der Waals surface area contributed by atoms with Gasteiger partial charge in [0.05, 0.1) is 5.69 Å². The van der Waals surface area contributed by atoms with Crippen molar-refractivity contribution in [3.63, 3.8) is 0 Å². The Hall–Kier alpha value is -0.930.